The van der Waals surface area contributed by atoms with Gasteiger partial charge in [0.15, 0.2) is 16.7 Å². The van der Waals surface area contributed by atoms with E-state index < -0.39 is 42.7 Å². The van der Waals surface area contributed by atoms with Gasteiger partial charge < -0.3 is 61.0 Å². The number of oxazole rings is 3. The van der Waals surface area contributed by atoms with E-state index in [1.807, 2.05) is 18.2 Å². The number of halogens is 13. The molecule has 16 rings (SSSR count). The van der Waals surface area contributed by atoms with Crippen LogP contribution >= 0.6 is 12.1 Å². The Bertz CT molecular complexity index is 4790. The smallest absolute Gasteiger partial charge is 0.426 e. The second kappa shape index (κ2) is 39.4. The highest BCUT2D eigenvalue weighted by molar-refractivity contribution is 7.93. The molecule has 4 saturated heterocycles. The monoisotopic (exact) mass is 1660 g/mol. The number of rotatable bonds is 15. The molecule has 116 heavy (non-hydrogen) atoms. The largest absolute Gasteiger partial charge is 0.573 e. The van der Waals surface area contributed by atoms with Crippen molar-refractivity contribution in [3.05, 3.63) is 207 Å². The molecule has 4 fully saturated rings. The van der Waals surface area contributed by atoms with Crippen LogP contribution in [-0.4, -0.2) is 116 Å². The predicted octanol–water partition coefficient (Wildman–Crippen LogP) is 19.1. The van der Waals surface area contributed by atoms with Gasteiger partial charge in [0.1, 0.15) is 28.7 Å². The summed E-state index contributed by atoms with van der Waals surface area (Å²) in [5.74, 6) is -1.02. The number of hydrogen-bond donors (Lipinski definition) is 1. The lowest BCUT2D eigenvalue weighted by Crippen LogP contribution is -2.26. The average molecular weight is 1660 g/mol. The molecule has 0 amide bonds. The summed E-state index contributed by atoms with van der Waals surface area (Å²) in [5.41, 5.74) is 10.1. The molecule has 5 aliphatic heterocycles. The number of aliphatic hydroxyl groups is 1. The fraction of sp³-hybridized carbons (Fsp3) is 0.366. The van der Waals surface area contributed by atoms with Crippen molar-refractivity contribution in [3.63, 3.8) is 0 Å². The molecule has 0 spiro atoms. The van der Waals surface area contributed by atoms with Crippen molar-refractivity contribution >= 4 is 51.4 Å². The maximum absolute atomic E-state index is 12.3. The van der Waals surface area contributed by atoms with Gasteiger partial charge in [0.05, 0.1) is 49.4 Å². The first-order chi connectivity index (χ1) is 55.4. The number of esters is 1. The summed E-state index contributed by atoms with van der Waals surface area (Å²) in [7, 11) is 0. The van der Waals surface area contributed by atoms with Crippen molar-refractivity contribution in [2.45, 2.75) is 103 Å². The van der Waals surface area contributed by atoms with Gasteiger partial charge in [0.25, 0.3) is 0 Å². The molecule has 2 unspecified atom stereocenters. The maximum Gasteiger partial charge on any atom is 0.573 e. The molecule has 20 nitrogen and oxygen atoms in total. The van der Waals surface area contributed by atoms with Crippen LogP contribution in [0.25, 0.3) is 77.8 Å². The maximum atomic E-state index is 12.3. The van der Waals surface area contributed by atoms with Gasteiger partial charge in [0.2, 0.25) is 0 Å². The van der Waals surface area contributed by atoms with E-state index >= 15 is 0 Å². The lowest BCUT2D eigenvalue weighted by atomic mass is 10.0. The number of aliphatic hydroxyl groups excluding tert-OH is 1. The van der Waals surface area contributed by atoms with Crippen LogP contribution in [0.3, 0.4) is 0 Å². The second-order valence-electron chi connectivity index (χ2n) is 27.4. The Morgan fingerprint density at radius 1 is 0.379 bits per heavy atom. The Balaban J connectivity index is 0.000000146. The SMILES string of the molecule is CSF.O=C1Cc2cc(-c3ccc(OC(F)(F)F)cc3)ccc2O1.O=c1oc2ccc(-c3ccc(OC(F)(F)F)cc3)cc2n1CC1CCCOC1.O=c1oc2ccc(-c3ccc(OC(F)(F)F)cc3)cc2n1C[C@@H]1CCCOC1.O=c1oc2ccc(-c3ccc(OC(F)(F)F)cc3)cc2n1C[C@H]1CCCOC1.OCC1CCCOC1. The van der Waals surface area contributed by atoms with Crippen molar-refractivity contribution < 1.29 is 122 Å². The Morgan fingerprint density at radius 2 is 0.638 bits per heavy atom. The summed E-state index contributed by atoms with van der Waals surface area (Å²) in [6.07, 6.45) is -9.19. The zero-order valence-electron chi connectivity index (χ0n) is 62.0. The van der Waals surface area contributed by atoms with Crippen LogP contribution in [0, 0.1) is 23.7 Å². The summed E-state index contributed by atoms with van der Waals surface area (Å²) < 4.78 is 220. The number of hydrogen-bond acceptors (Lipinski definition) is 18. The standard InChI is InChI=1S/3C20H18F3NO4.C15H9F3O3.C6H12O2.CH3FS/c3*21-20(22,23)28-16-6-3-14(4-7-16)15-5-8-18-17(10-15)24(19(25)27-18)11-13-2-1-9-26-12-13;16-15(17,18)21-12-4-1-9(2-5-12)10-3-6-13-11(7-10)8-14(19)20-13;7-4-6-2-1-3-8-5-6;1-3-2/h3*3-8,10,13H,1-2,9,11-12H2;1-7H,8H2;6-7H,1-5H2;1H3/t2*13-;;;;/m10..../s1. The Hall–Kier alpha value is -10.5. The summed E-state index contributed by atoms with van der Waals surface area (Å²) in [4.78, 5) is 48.0. The Labute approximate surface area is 657 Å². The van der Waals surface area contributed by atoms with E-state index in [0.717, 1.165) is 118 Å². The summed E-state index contributed by atoms with van der Waals surface area (Å²) in [6, 6.07) is 43.4. The third-order valence-electron chi connectivity index (χ3n) is 18.9. The number of carbonyl (C=O) groups is 1. The van der Waals surface area contributed by atoms with Gasteiger partial charge in [-0.15, -0.1) is 52.7 Å². The molecular weight excluding hydrogens is 1580 g/mol. The van der Waals surface area contributed by atoms with Crippen LogP contribution in [0.1, 0.15) is 56.9 Å². The van der Waals surface area contributed by atoms with Gasteiger partial charge in [-0.25, -0.2) is 14.4 Å². The number of nitrogens with zero attached hydrogens (tertiary/aromatic N) is 3. The van der Waals surface area contributed by atoms with Crippen molar-refractivity contribution in [2.24, 2.45) is 23.7 Å². The van der Waals surface area contributed by atoms with Crippen LogP contribution in [0.4, 0.5) is 56.6 Å². The van der Waals surface area contributed by atoms with E-state index in [-0.39, 0.29) is 65.3 Å². The van der Waals surface area contributed by atoms with Crippen molar-refractivity contribution in [1.82, 2.24) is 13.7 Å². The second-order valence-corrected chi connectivity index (χ2v) is 27.7. The van der Waals surface area contributed by atoms with Gasteiger partial charge in [-0.3, -0.25) is 18.5 Å². The summed E-state index contributed by atoms with van der Waals surface area (Å²) >= 11 is 0.250. The fourth-order valence-electron chi connectivity index (χ4n) is 13.5. The van der Waals surface area contributed by atoms with E-state index in [9.17, 15) is 75.7 Å². The summed E-state index contributed by atoms with van der Waals surface area (Å²) in [5, 5.41) is 8.61. The van der Waals surface area contributed by atoms with Gasteiger partial charge in [-0.05, 0) is 193 Å². The lowest BCUT2D eigenvalue weighted by molar-refractivity contribution is -0.275. The molecule has 0 aliphatic carbocycles. The highest BCUT2D eigenvalue weighted by atomic mass is 32.2. The van der Waals surface area contributed by atoms with Gasteiger partial charge in [-0.2, -0.15) is 3.89 Å². The lowest BCUT2D eigenvalue weighted by Gasteiger charge is -2.21. The Kier molecular flexibility index (Phi) is 29.3. The van der Waals surface area contributed by atoms with E-state index in [2.05, 4.69) is 18.9 Å². The highest BCUT2D eigenvalue weighted by Gasteiger charge is 2.34. The number of fused-ring (bicyclic) bond motifs is 4. The van der Waals surface area contributed by atoms with E-state index in [1.54, 1.807) is 105 Å². The minimum atomic E-state index is -4.73. The molecular formula is C82H78F13N3O17S. The normalized spacial score (nSPS) is 17.6. The zero-order valence-corrected chi connectivity index (χ0v) is 62.8. The molecule has 8 aromatic carbocycles. The molecule has 0 radical (unpaired) electrons. The molecule has 8 heterocycles. The molecule has 5 aliphatic rings. The third-order valence-corrected chi connectivity index (χ3v) is 18.9. The van der Waals surface area contributed by atoms with Crippen LogP contribution < -0.4 is 41.0 Å². The minimum Gasteiger partial charge on any atom is -0.426 e. The molecule has 1 N–H and O–H groups in total. The van der Waals surface area contributed by atoms with E-state index in [4.69, 9.17) is 42.0 Å². The average Bonchev–Trinajstić information content (AvgIpc) is 1.64. The molecule has 4 atom stereocenters. The summed E-state index contributed by atoms with van der Waals surface area (Å²) in [6.45, 7) is 7.53. The van der Waals surface area contributed by atoms with Crippen molar-refractivity contribution in [2.75, 3.05) is 65.7 Å². The first kappa shape index (κ1) is 86.3. The van der Waals surface area contributed by atoms with E-state index in [1.165, 1.54) is 66.9 Å². The Morgan fingerprint density at radius 3 is 0.888 bits per heavy atom. The quantitative estimate of drug-likeness (QED) is 0.0572. The molecule has 620 valence electrons. The molecule has 34 heteroatoms. The first-order valence-electron chi connectivity index (χ1n) is 36.7. The molecule has 0 bridgehead atoms. The van der Waals surface area contributed by atoms with Crippen molar-refractivity contribution in [1.29, 1.82) is 0 Å². The molecule has 0 saturated carbocycles. The zero-order chi connectivity index (χ0) is 82.7. The van der Waals surface area contributed by atoms with Gasteiger partial charge in [0, 0.05) is 100 Å². The number of ether oxygens (including phenoxy) is 9. The van der Waals surface area contributed by atoms with Crippen LogP contribution in [0.5, 0.6) is 28.7 Å². The van der Waals surface area contributed by atoms with E-state index in [0.29, 0.717) is 108 Å². The number of benzene rings is 8. The fourth-order valence-corrected chi connectivity index (χ4v) is 13.5. The van der Waals surface area contributed by atoms with Gasteiger partial charge in [-0.1, -0.05) is 72.8 Å². The molecule has 11 aromatic rings. The topological polar surface area (TPSA) is 226 Å². The third kappa shape index (κ3) is 25.2. The number of carbonyl (C=O) groups excluding carboxylic acids is 1. The van der Waals surface area contributed by atoms with Crippen LogP contribution in [-0.2, 0) is 49.8 Å². The molecule has 3 aromatic heterocycles. The van der Waals surface area contributed by atoms with Crippen LogP contribution in [0.15, 0.2) is 197 Å². The number of aromatic nitrogens is 3. The predicted molar refractivity (Wildman–Crippen MR) is 402 cm³/mol. The minimum absolute atomic E-state index is 0.207. The van der Waals surface area contributed by atoms with Gasteiger partial charge >= 0.3 is 48.7 Å². The first-order valence-corrected chi connectivity index (χ1v) is 37.8. The highest BCUT2D eigenvalue weighted by Crippen LogP contribution is 2.37. The van der Waals surface area contributed by atoms with Crippen LogP contribution in [0.2, 0.25) is 0 Å². The number of alkyl halides is 12. The van der Waals surface area contributed by atoms with Crippen molar-refractivity contribution in [3.8, 4) is 73.3 Å².